The molecule has 6 nitrogen and oxygen atoms in total. The maximum atomic E-state index is 13.3. The molecule has 1 aliphatic heterocycles. The average Bonchev–Trinajstić information content (AvgIpc) is 3.03. The molecule has 150 valence electrons. The monoisotopic (exact) mass is 399 g/mol. The molecule has 3 amide bonds. The fraction of sp³-hybridized carbons (Fsp3) is 0.167. The number of nitrogens with zero attached hydrogens (tertiary/aromatic N) is 2. The molecule has 2 aromatic carbocycles. The highest BCUT2D eigenvalue weighted by molar-refractivity contribution is 6.22. The van der Waals surface area contributed by atoms with Gasteiger partial charge in [0.25, 0.3) is 11.8 Å². The zero-order valence-corrected chi connectivity index (χ0v) is 16.5. The van der Waals surface area contributed by atoms with Crippen LogP contribution in [-0.2, 0) is 11.2 Å². The molecule has 0 radical (unpaired) electrons. The van der Waals surface area contributed by atoms with E-state index in [1.54, 1.807) is 42.7 Å². The van der Waals surface area contributed by atoms with E-state index in [9.17, 15) is 14.4 Å². The number of rotatable bonds is 6. The maximum absolute atomic E-state index is 13.3. The molecule has 0 aliphatic carbocycles. The highest BCUT2D eigenvalue weighted by Gasteiger charge is 2.42. The molecular weight excluding hydrogens is 378 g/mol. The van der Waals surface area contributed by atoms with E-state index in [2.05, 4.69) is 10.3 Å². The fourth-order valence-electron chi connectivity index (χ4n) is 3.65. The number of hydrogen-bond acceptors (Lipinski definition) is 4. The highest BCUT2D eigenvalue weighted by atomic mass is 16.2. The molecule has 3 aromatic rings. The molecule has 2 atom stereocenters. The lowest BCUT2D eigenvalue weighted by Gasteiger charge is -2.27. The Labute approximate surface area is 174 Å². The van der Waals surface area contributed by atoms with Crippen LogP contribution in [0.15, 0.2) is 79.1 Å². The van der Waals surface area contributed by atoms with Crippen LogP contribution in [0.4, 0.5) is 0 Å². The molecule has 0 spiro atoms. The maximum Gasteiger partial charge on any atom is 0.262 e. The number of benzene rings is 2. The molecule has 2 heterocycles. The van der Waals surface area contributed by atoms with Gasteiger partial charge in [-0.3, -0.25) is 24.3 Å². The van der Waals surface area contributed by atoms with Gasteiger partial charge in [0.1, 0.15) is 6.04 Å². The fourth-order valence-corrected chi connectivity index (χ4v) is 3.65. The van der Waals surface area contributed by atoms with E-state index in [-0.39, 0.29) is 18.4 Å². The number of carbonyl (C=O) groups excluding carboxylic acids is 3. The van der Waals surface area contributed by atoms with E-state index in [4.69, 9.17) is 0 Å². The van der Waals surface area contributed by atoms with E-state index < -0.39 is 17.9 Å². The van der Waals surface area contributed by atoms with Crippen molar-refractivity contribution in [2.24, 2.45) is 0 Å². The van der Waals surface area contributed by atoms with Crippen molar-refractivity contribution in [1.29, 1.82) is 0 Å². The summed E-state index contributed by atoms with van der Waals surface area (Å²) in [6.45, 7) is 1.84. The van der Waals surface area contributed by atoms with Crippen LogP contribution in [0.2, 0.25) is 0 Å². The second-order valence-electron chi connectivity index (χ2n) is 7.25. The summed E-state index contributed by atoms with van der Waals surface area (Å²) in [4.78, 5) is 44.5. The molecular formula is C24H21N3O3. The molecule has 4 rings (SSSR count). The predicted octanol–water partition coefficient (Wildman–Crippen LogP) is 3.17. The van der Waals surface area contributed by atoms with Crippen molar-refractivity contribution in [3.05, 3.63) is 101 Å². The molecule has 1 aliphatic rings. The van der Waals surface area contributed by atoms with Crippen LogP contribution in [0.1, 0.15) is 44.8 Å². The quantitative estimate of drug-likeness (QED) is 0.646. The highest BCUT2D eigenvalue weighted by Crippen LogP contribution is 2.26. The van der Waals surface area contributed by atoms with Gasteiger partial charge in [-0.25, -0.2) is 0 Å². The Morgan fingerprint density at radius 2 is 1.57 bits per heavy atom. The predicted molar refractivity (Wildman–Crippen MR) is 112 cm³/mol. The van der Waals surface area contributed by atoms with Gasteiger partial charge >= 0.3 is 0 Å². The lowest BCUT2D eigenvalue weighted by molar-refractivity contribution is -0.125. The van der Waals surface area contributed by atoms with Gasteiger partial charge < -0.3 is 5.32 Å². The third-order valence-electron chi connectivity index (χ3n) is 5.25. The lowest BCUT2D eigenvalue weighted by atomic mass is 10.0. The molecule has 0 saturated carbocycles. The van der Waals surface area contributed by atoms with Crippen LogP contribution in [0.5, 0.6) is 0 Å². The van der Waals surface area contributed by atoms with Crippen LogP contribution < -0.4 is 5.32 Å². The van der Waals surface area contributed by atoms with Crippen molar-refractivity contribution >= 4 is 17.7 Å². The Hall–Kier alpha value is -3.80. The number of pyridine rings is 1. The van der Waals surface area contributed by atoms with Gasteiger partial charge in [-0.15, -0.1) is 0 Å². The zero-order chi connectivity index (χ0) is 21.1. The van der Waals surface area contributed by atoms with Crippen LogP contribution in [0.25, 0.3) is 0 Å². The van der Waals surface area contributed by atoms with E-state index in [1.807, 2.05) is 43.3 Å². The first kappa shape index (κ1) is 19.5. The van der Waals surface area contributed by atoms with Crippen molar-refractivity contribution in [2.45, 2.75) is 25.4 Å². The summed E-state index contributed by atoms with van der Waals surface area (Å²) in [6.07, 6.45) is 3.58. The second kappa shape index (κ2) is 8.29. The number of imide groups is 1. The number of hydrogen-bond donors (Lipinski definition) is 1. The largest absolute Gasteiger partial charge is 0.348 e. The summed E-state index contributed by atoms with van der Waals surface area (Å²) < 4.78 is 0. The molecule has 0 fully saturated rings. The molecule has 0 unspecified atom stereocenters. The first-order valence-electron chi connectivity index (χ1n) is 9.77. The molecule has 6 heteroatoms. The van der Waals surface area contributed by atoms with Crippen molar-refractivity contribution in [1.82, 2.24) is 15.2 Å². The van der Waals surface area contributed by atoms with Gasteiger partial charge in [-0.2, -0.15) is 0 Å². The Bertz CT molecular complexity index is 1050. The smallest absolute Gasteiger partial charge is 0.262 e. The van der Waals surface area contributed by atoms with Crippen molar-refractivity contribution in [3.8, 4) is 0 Å². The topological polar surface area (TPSA) is 79.4 Å². The Balaban J connectivity index is 1.64. The van der Waals surface area contributed by atoms with E-state index in [1.165, 1.54) is 0 Å². The Kier molecular flexibility index (Phi) is 5.39. The summed E-state index contributed by atoms with van der Waals surface area (Å²) in [5, 5.41) is 2.94. The molecule has 1 aromatic heterocycles. The van der Waals surface area contributed by atoms with Crippen molar-refractivity contribution in [3.63, 3.8) is 0 Å². The number of carbonyl (C=O) groups is 3. The van der Waals surface area contributed by atoms with Gasteiger partial charge in [0, 0.05) is 18.8 Å². The van der Waals surface area contributed by atoms with Gasteiger partial charge in [0.05, 0.1) is 17.2 Å². The minimum atomic E-state index is -0.959. The summed E-state index contributed by atoms with van der Waals surface area (Å²) >= 11 is 0. The summed E-state index contributed by atoms with van der Waals surface area (Å²) in [5.74, 6) is -1.27. The van der Waals surface area contributed by atoms with Crippen LogP contribution in [0.3, 0.4) is 0 Å². The van der Waals surface area contributed by atoms with Crippen LogP contribution in [-0.4, -0.2) is 33.6 Å². The normalized spacial score (nSPS) is 14.9. The number of aromatic nitrogens is 1. The molecule has 0 bridgehead atoms. The van der Waals surface area contributed by atoms with Gasteiger partial charge in [-0.05, 0) is 36.2 Å². The van der Waals surface area contributed by atoms with Gasteiger partial charge in [0.2, 0.25) is 5.91 Å². The summed E-state index contributed by atoms with van der Waals surface area (Å²) in [7, 11) is 0. The van der Waals surface area contributed by atoms with Gasteiger partial charge in [0.15, 0.2) is 0 Å². The first-order chi connectivity index (χ1) is 14.6. The van der Waals surface area contributed by atoms with Crippen molar-refractivity contribution in [2.75, 3.05) is 0 Å². The van der Waals surface area contributed by atoms with Crippen LogP contribution in [0, 0.1) is 0 Å². The Morgan fingerprint density at radius 3 is 2.17 bits per heavy atom. The van der Waals surface area contributed by atoms with E-state index in [0.29, 0.717) is 11.1 Å². The second-order valence-corrected chi connectivity index (χ2v) is 7.25. The molecule has 1 N–H and O–H groups in total. The number of amides is 3. The van der Waals surface area contributed by atoms with Crippen LogP contribution >= 0.6 is 0 Å². The third kappa shape index (κ3) is 3.72. The number of nitrogens with one attached hydrogen (secondary N) is 1. The number of fused-ring (bicyclic) bond motifs is 1. The average molecular weight is 399 g/mol. The van der Waals surface area contributed by atoms with E-state index >= 15 is 0 Å². The minimum Gasteiger partial charge on any atom is -0.348 e. The molecule has 0 saturated heterocycles. The van der Waals surface area contributed by atoms with Crippen molar-refractivity contribution < 1.29 is 14.4 Å². The van der Waals surface area contributed by atoms with E-state index in [0.717, 1.165) is 16.0 Å². The van der Waals surface area contributed by atoms with Gasteiger partial charge in [-0.1, -0.05) is 48.5 Å². The molecule has 30 heavy (non-hydrogen) atoms. The summed E-state index contributed by atoms with van der Waals surface area (Å²) in [6, 6.07) is 18.4. The first-order valence-corrected chi connectivity index (χ1v) is 9.77. The SMILES string of the molecule is C[C@H](NC(=O)[C@H](Cc1ccccc1)N1C(=O)c2ccccc2C1=O)c1cccnc1. The Morgan fingerprint density at radius 1 is 0.933 bits per heavy atom. The summed E-state index contributed by atoms with van der Waals surface area (Å²) in [5.41, 5.74) is 2.36. The minimum absolute atomic E-state index is 0.234. The standard InChI is InChI=1S/C24H21N3O3/c1-16(18-10-7-13-25-15-18)26-22(28)21(14-17-8-3-2-4-9-17)27-23(29)19-11-5-6-12-20(19)24(27)30/h2-13,15-16,21H,14H2,1H3,(H,26,28)/t16-,21-/m0/s1. The third-order valence-corrected chi connectivity index (χ3v) is 5.25. The zero-order valence-electron chi connectivity index (χ0n) is 16.5. The lowest BCUT2D eigenvalue weighted by Crippen LogP contribution is -2.51.